The highest BCUT2D eigenvalue weighted by molar-refractivity contribution is 7.93. The SMILES string of the molecule is O=C1CC2CCC(CC1C(F)(F)F)S2(=O)=O. The third-order valence-corrected chi connectivity index (χ3v) is 6.14. The molecule has 0 aromatic heterocycles. The maximum absolute atomic E-state index is 12.5. The molecule has 0 amide bonds. The van der Waals surface area contributed by atoms with Crippen LogP contribution in [0, 0.1) is 5.92 Å². The lowest BCUT2D eigenvalue weighted by atomic mass is 9.90. The molecule has 2 bridgehead atoms. The van der Waals surface area contributed by atoms with Crippen molar-refractivity contribution < 1.29 is 26.4 Å². The van der Waals surface area contributed by atoms with E-state index in [0.717, 1.165) is 0 Å². The lowest BCUT2D eigenvalue weighted by Gasteiger charge is -2.19. The first-order valence-corrected chi connectivity index (χ1v) is 6.66. The monoisotopic (exact) mass is 256 g/mol. The fourth-order valence-corrected chi connectivity index (χ4v) is 4.85. The van der Waals surface area contributed by atoms with Gasteiger partial charge in [-0.05, 0) is 19.3 Å². The zero-order chi connectivity index (χ0) is 12.1. The fraction of sp³-hybridized carbons (Fsp3) is 0.889. The third-order valence-electron chi connectivity index (χ3n) is 3.45. The molecule has 0 aliphatic carbocycles. The molecule has 2 rings (SSSR count). The van der Waals surface area contributed by atoms with Crippen LogP contribution >= 0.6 is 0 Å². The number of carbonyl (C=O) groups is 1. The molecule has 16 heavy (non-hydrogen) atoms. The van der Waals surface area contributed by atoms with Gasteiger partial charge in [0.25, 0.3) is 0 Å². The Morgan fingerprint density at radius 2 is 1.69 bits per heavy atom. The minimum Gasteiger partial charge on any atom is -0.299 e. The largest absolute Gasteiger partial charge is 0.398 e. The summed E-state index contributed by atoms with van der Waals surface area (Å²) in [7, 11) is -3.51. The molecule has 0 saturated carbocycles. The number of hydrogen-bond donors (Lipinski definition) is 0. The molecule has 0 aromatic carbocycles. The number of sulfone groups is 1. The van der Waals surface area contributed by atoms with Crippen LogP contribution in [-0.2, 0) is 14.6 Å². The van der Waals surface area contributed by atoms with Gasteiger partial charge in [0.1, 0.15) is 11.7 Å². The van der Waals surface area contributed by atoms with Gasteiger partial charge < -0.3 is 0 Å². The van der Waals surface area contributed by atoms with Gasteiger partial charge in [0, 0.05) is 6.42 Å². The molecule has 0 radical (unpaired) electrons. The van der Waals surface area contributed by atoms with E-state index in [9.17, 15) is 26.4 Å². The van der Waals surface area contributed by atoms with Gasteiger partial charge in [0.2, 0.25) is 0 Å². The number of carbonyl (C=O) groups excluding carboxylic acids is 1. The highest BCUT2D eigenvalue weighted by atomic mass is 32.2. The van der Waals surface area contributed by atoms with Crippen molar-refractivity contribution in [1.82, 2.24) is 0 Å². The Morgan fingerprint density at radius 1 is 1.12 bits per heavy atom. The van der Waals surface area contributed by atoms with Crippen molar-refractivity contribution in [2.75, 3.05) is 0 Å². The Labute approximate surface area is 90.9 Å². The van der Waals surface area contributed by atoms with Crippen LogP contribution in [0.4, 0.5) is 13.2 Å². The van der Waals surface area contributed by atoms with Crippen LogP contribution in [0.3, 0.4) is 0 Å². The van der Waals surface area contributed by atoms with Gasteiger partial charge in [-0.25, -0.2) is 8.42 Å². The number of halogens is 3. The summed E-state index contributed by atoms with van der Waals surface area (Å²) >= 11 is 0. The van der Waals surface area contributed by atoms with Gasteiger partial charge in [-0.3, -0.25) is 4.79 Å². The molecule has 2 aliphatic heterocycles. The molecular formula is C9H11F3O3S. The van der Waals surface area contributed by atoms with E-state index in [1.54, 1.807) is 0 Å². The number of ketones is 1. The van der Waals surface area contributed by atoms with Crippen molar-refractivity contribution in [3.63, 3.8) is 0 Å². The third kappa shape index (κ3) is 1.74. The first-order valence-electron chi connectivity index (χ1n) is 5.05. The molecule has 2 aliphatic rings. The number of Topliss-reactive ketones (excluding diaryl/α,β-unsaturated/α-hetero) is 1. The Morgan fingerprint density at radius 3 is 2.25 bits per heavy atom. The highest BCUT2D eigenvalue weighted by Gasteiger charge is 2.54. The van der Waals surface area contributed by atoms with E-state index in [-0.39, 0.29) is 6.42 Å². The van der Waals surface area contributed by atoms with Crippen LogP contribution in [0.1, 0.15) is 25.7 Å². The normalized spacial score (nSPS) is 38.4. The first kappa shape index (κ1) is 11.9. The van der Waals surface area contributed by atoms with E-state index >= 15 is 0 Å². The number of rotatable bonds is 0. The average molecular weight is 256 g/mol. The predicted octanol–water partition coefficient (Wildman–Crippen LogP) is 1.47. The summed E-state index contributed by atoms with van der Waals surface area (Å²) in [5.74, 6) is -3.05. The van der Waals surface area contributed by atoms with Crippen molar-refractivity contribution in [3.05, 3.63) is 0 Å². The number of fused-ring (bicyclic) bond motifs is 2. The quantitative estimate of drug-likeness (QED) is 0.659. The maximum atomic E-state index is 12.5. The summed E-state index contributed by atoms with van der Waals surface area (Å²) in [6, 6.07) is 0. The van der Waals surface area contributed by atoms with E-state index in [0.29, 0.717) is 6.42 Å². The molecule has 92 valence electrons. The van der Waals surface area contributed by atoms with Crippen LogP contribution in [0.5, 0.6) is 0 Å². The Bertz CT molecular complexity index is 412. The second-order valence-corrected chi connectivity index (χ2v) is 6.92. The zero-order valence-corrected chi connectivity index (χ0v) is 9.14. The van der Waals surface area contributed by atoms with E-state index in [4.69, 9.17) is 0 Å². The summed E-state index contributed by atoms with van der Waals surface area (Å²) in [4.78, 5) is 11.4. The standard InChI is InChI=1S/C9H11F3O3S/c10-9(11,12)7-3-5-1-2-6(4-8(7)13)16(5,14)15/h5-7H,1-4H2. The van der Waals surface area contributed by atoms with Crippen LogP contribution < -0.4 is 0 Å². The topological polar surface area (TPSA) is 51.2 Å². The van der Waals surface area contributed by atoms with Gasteiger partial charge in [-0.15, -0.1) is 0 Å². The molecule has 3 unspecified atom stereocenters. The molecule has 7 heteroatoms. The van der Waals surface area contributed by atoms with Gasteiger partial charge in [0.05, 0.1) is 10.5 Å². The van der Waals surface area contributed by atoms with Gasteiger partial charge in [0.15, 0.2) is 9.84 Å². The summed E-state index contributed by atoms with van der Waals surface area (Å²) in [5.41, 5.74) is 0. The molecule has 2 saturated heterocycles. The summed E-state index contributed by atoms with van der Waals surface area (Å²) in [6.07, 6.45) is -5.09. The minimum absolute atomic E-state index is 0.257. The maximum Gasteiger partial charge on any atom is 0.398 e. The Kier molecular flexibility index (Phi) is 2.56. The first-order chi connectivity index (χ1) is 7.23. The summed E-state index contributed by atoms with van der Waals surface area (Å²) in [5, 5.41) is -1.85. The minimum atomic E-state index is -4.61. The van der Waals surface area contributed by atoms with Crippen molar-refractivity contribution in [2.24, 2.45) is 5.92 Å². The van der Waals surface area contributed by atoms with Crippen LogP contribution in [0.15, 0.2) is 0 Å². The molecule has 2 heterocycles. The number of hydrogen-bond acceptors (Lipinski definition) is 3. The van der Waals surface area contributed by atoms with Crippen molar-refractivity contribution >= 4 is 15.6 Å². The molecular weight excluding hydrogens is 245 g/mol. The van der Waals surface area contributed by atoms with Crippen molar-refractivity contribution in [3.8, 4) is 0 Å². The second kappa shape index (κ2) is 3.45. The fourth-order valence-electron chi connectivity index (χ4n) is 2.52. The van der Waals surface area contributed by atoms with E-state index < -0.39 is 51.1 Å². The average Bonchev–Trinajstić information content (AvgIpc) is 2.28. The van der Waals surface area contributed by atoms with Gasteiger partial charge in [-0.2, -0.15) is 13.2 Å². The highest BCUT2D eigenvalue weighted by Crippen LogP contribution is 2.42. The molecule has 3 nitrogen and oxygen atoms in total. The van der Waals surface area contributed by atoms with Gasteiger partial charge in [-0.1, -0.05) is 0 Å². The van der Waals surface area contributed by atoms with Crippen LogP contribution in [-0.4, -0.2) is 30.9 Å². The molecule has 0 aromatic rings. The number of alkyl halides is 3. The van der Waals surface area contributed by atoms with Crippen molar-refractivity contribution in [1.29, 1.82) is 0 Å². The molecule has 2 fully saturated rings. The van der Waals surface area contributed by atoms with Crippen LogP contribution in [0.2, 0.25) is 0 Å². The van der Waals surface area contributed by atoms with E-state index in [1.165, 1.54) is 0 Å². The predicted molar refractivity (Wildman–Crippen MR) is 49.5 cm³/mol. The Balaban J connectivity index is 2.35. The van der Waals surface area contributed by atoms with E-state index in [1.807, 2.05) is 0 Å². The molecule has 0 N–H and O–H groups in total. The lowest BCUT2D eigenvalue weighted by molar-refractivity contribution is -0.182. The lowest BCUT2D eigenvalue weighted by Crippen LogP contribution is -2.33. The summed E-state index contributed by atoms with van der Waals surface area (Å²) < 4.78 is 61.0. The van der Waals surface area contributed by atoms with Crippen molar-refractivity contribution in [2.45, 2.75) is 42.4 Å². The second-order valence-electron chi connectivity index (χ2n) is 4.41. The molecule has 0 spiro atoms. The van der Waals surface area contributed by atoms with E-state index in [2.05, 4.69) is 0 Å². The summed E-state index contributed by atoms with van der Waals surface area (Å²) in [6.45, 7) is 0. The molecule has 3 atom stereocenters. The zero-order valence-electron chi connectivity index (χ0n) is 8.33. The Hall–Kier alpha value is -0.590. The van der Waals surface area contributed by atoms with Crippen LogP contribution in [0.25, 0.3) is 0 Å². The van der Waals surface area contributed by atoms with Gasteiger partial charge >= 0.3 is 6.18 Å². The smallest absolute Gasteiger partial charge is 0.299 e.